The molecule has 1 atom stereocenters. The van der Waals surface area contributed by atoms with Crippen molar-refractivity contribution in [3.8, 4) is 0 Å². The van der Waals surface area contributed by atoms with E-state index in [-0.39, 0.29) is 0 Å². The van der Waals surface area contributed by atoms with Crippen molar-refractivity contribution in [1.82, 2.24) is 4.67 Å². The summed E-state index contributed by atoms with van der Waals surface area (Å²) in [5, 5.41) is 0. The summed E-state index contributed by atoms with van der Waals surface area (Å²) < 4.78 is 19.9. The summed E-state index contributed by atoms with van der Waals surface area (Å²) in [6.07, 6.45) is 49.0. The van der Waals surface area contributed by atoms with Gasteiger partial charge in [0.25, 0.3) is 0 Å². The van der Waals surface area contributed by atoms with Crippen LogP contribution in [-0.4, -0.2) is 29.3 Å². The van der Waals surface area contributed by atoms with Crippen molar-refractivity contribution in [3.05, 3.63) is 0 Å². The lowest BCUT2D eigenvalue weighted by atomic mass is 10.0. The van der Waals surface area contributed by atoms with Gasteiger partial charge >= 0.3 is 7.75 Å². The summed E-state index contributed by atoms with van der Waals surface area (Å²) in [7, 11) is -3.65. The lowest BCUT2D eigenvalue weighted by molar-refractivity contribution is 0.206. The van der Waals surface area contributed by atoms with E-state index in [4.69, 9.17) is 4.52 Å². The molecule has 0 radical (unpaired) electrons. The van der Waals surface area contributed by atoms with E-state index in [1.807, 2.05) is 6.92 Å². The molecule has 1 N–H and O–H groups in total. The Labute approximate surface area is 297 Å². The monoisotopic (exact) mass is 686 g/mol. The van der Waals surface area contributed by atoms with Crippen molar-refractivity contribution < 1.29 is 14.0 Å². The summed E-state index contributed by atoms with van der Waals surface area (Å²) in [6.45, 7) is 8.06. The predicted octanol–water partition coefficient (Wildman–Crippen LogP) is 15.5. The highest BCUT2D eigenvalue weighted by Crippen LogP contribution is 2.46. The normalized spacial score (nSPS) is 13.1. The Kier molecular flexibility index (Phi) is 39.0. The highest BCUT2D eigenvalue weighted by molar-refractivity contribution is 7.50. The van der Waals surface area contributed by atoms with E-state index < -0.39 is 7.75 Å². The fourth-order valence-corrected chi connectivity index (χ4v) is 8.29. The number of hydrogen-bond donors (Lipinski definition) is 1. The third-order valence-corrected chi connectivity index (χ3v) is 11.9. The van der Waals surface area contributed by atoms with E-state index in [1.165, 1.54) is 205 Å². The van der Waals surface area contributed by atoms with Crippen LogP contribution in [0.4, 0.5) is 0 Å². The molecule has 0 aliphatic carbocycles. The molecule has 0 bridgehead atoms. The lowest BCUT2D eigenvalue weighted by Crippen LogP contribution is -2.24. The fourth-order valence-electron chi connectivity index (χ4n) is 7.01. The molecule has 0 saturated heterocycles. The van der Waals surface area contributed by atoms with Crippen molar-refractivity contribution >= 4 is 7.75 Å². The Balaban J connectivity index is 3.66. The molecular formula is C42H88NO3P. The summed E-state index contributed by atoms with van der Waals surface area (Å²) in [4.78, 5) is 10.5. The molecule has 1 unspecified atom stereocenters. The zero-order valence-electron chi connectivity index (χ0n) is 32.7. The highest BCUT2D eigenvalue weighted by Gasteiger charge is 2.28. The number of unbranched alkanes of at least 4 members (excludes halogenated alkanes) is 34. The van der Waals surface area contributed by atoms with Crippen molar-refractivity contribution in [2.24, 2.45) is 0 Å². The lowest BCUT2D eigenvalue weighted by Gasteiger charge is -2.26. The minimum atomic E-state index is -3.65. The minimum absolute atomic E-state index is 0.294. The molecule has 0 aromatic heterocycles. The molecule has 0 saturated carbocycles. The quantitative estimate of drug-likeness (QED) is 0.0514. The first-order valence-electron chi connectivity index (χ1n) is 21.8. The Hall–Kier alpha value is 0.110. The maximum Gasteiger partial charge on any atom is 0.405 e. The van der Waals surface area contributed by atoms with Crippen molar-refractivity contribution in [2.75, 3.05) is 19.7 Å². The standard InChI is InChI=1S/C42H88NO3P/c1-4-7-9-11-13-15-17-19-21-23-25-27-29-31-33-35-37-39-41-43(47(44,45)46-6-3)42-40-38-36-34-32-30-28-26-24-22-20-18-16-14-12-10-8-5-2/h4-42H2,1-3H3,(H,44,45). The molecule has 0 rings (SSSR count). The van der Waals surface area contributed by atoms with E-state index in [2.05, 4.69) is 13.8 Å². The molecule has 0 fully saturated rings. The van der Waals surface area contributed by atoms with Crippen LogP contribution in [0, 0.1) is 0 Å². The van der Waals surface area contributed by atoms with Crippen LogP contribution in [0.2, 0.25) is 0 Å². The molecule has 0 aliphatic rings. The molecule has 0 aromatic carbocycles. The SMILES string of the molecule is CCCCCCCCCCCCCCCCCCCCN(CCCCCCCCCCCCCCCCCCCC)P(=O)(O)OCC. The summed E-state index contributed by atoms with van der Waals surface area (Å²) in [5.41, 5.74) is 0. The van der Waals surface area contributed by atoms with Gasteiger partial charge in [-0.2, -0.15) is 0 Å². The molecule has 47 heavy (non-hydrogen) atoms. The Morgan fingerprint density at radius 3 is 0.745 bits per heavy atom. The maximum atomic E-state index is 12.8. The van der Waals surface area contributed by atoms with Gasteiger partial charge in [0.2, 0.25) is 0 Å². The fraction of sp³-hybridized carbons (Fsp3) is 1.00. The van der Waals surface area contributed by atoms with E-state index in [9.17, 15) is 9.46 Å². The van der Waals surface area contributed by atoms with Crippen LogP contribution in [-0.2, 0) is 9.09 Å². The van der Waals surface area contributed by atoms with Gasteiger partial charge in [-0.3, -0.25) is 4.52 Å². The first kappa shape index (κ1) is 47.1. The van der Waals surface area contributed by atoms with E-state index in [1.54, 1.807) is 4.67 Å². The zero-order chi connectivity index (χ0) is 34.4. The Morgan fingerprint density at radius 2 is 0.553 bits per heavy atom. The van der Waals surface area contributed by atoms with Gasteiger partial charge in [-0.05, 0) is 19.8 Å². The van der Waals surface area contributed by atoms with Gasteiger partial charge < -0.3 is 4.89 Å². The van der Waals surface area contributed by atoms with E-state index >= 15 is 0 Å². The largest absolute Gasteiger partial charge is 0.405 e. The van der Waals surface area contributed by atoms with Gasteiger partial charge in [0.05, 0.1) is 6.61 Å². The van der Waals surface area contributed by atoms with Crippen LogP contribution in [0.1, 0.15) is 252 Å². The van der Waals surface area contributed by atoms with Crippen LogP contribution in [0.25, 0.3) is 0 Å². The van der Waals surface area contributed by atoms with Crippen LogP contribution in [0.3, 0.4) is 0 Å². The second-order valence-corrected chi connectivity index (χ2v) is 16.7. The Bertz CT molecular complexity index is 591. The topological polar surface area (TPSA) is 49.8 Å². The number of nitrogens with zero attached hydrogens (tertiary/aromatic N) is 1. The average Bonchev–Trinajstić information content (AvgIpc) is 3.06. The Morgan fingerprint density at radius 1 is 0.362 bits per heavy atom. The molecule has 0 heterocycles. The third-order valence-electron chi connectivity index (χ3n) is 10.2. The van der Waals surface area contributed by atoms with Crippen molar-refractivity contribution in [1.29, 1.82) is 0 Å². The first-order chi connectivity index (χ1) is 23.1. The molecule has 4 nitrogen and oxygen atoms in total. The second kappa shape index (κ2) is 38.9. The maximum absolute atomic E-state index is 12.8. The van der Waals surface area contributed by atoms with Crippen LogP contribution in [0.5, 0.6) is 0 Å². The van der Waals surface area contributed by atoms with E-state index in [0.717, 1.165) is 25.7 Å². The summed E-state index contributed by atoms with van der Waals surface area (Å²) >= 11 is 0. The van der Waals surface area contributed by atoms with Crippen LogP contribution >= 0.6 is 7.75 Å². The number of hydrogen-bond acceptors (Lipinski definition) is 2. The van der Waals surface area contributed by atoms with Crippen molar-refractivity contribution in [2.45, 2.75) is 252 Å². The summed E-state index contributed by atoms with van der Waals surface area (Å²) in [6, 6.07) is 0. The van der Waals surface area contributed by atoms with Gasteiger partial charge in [0.15, 0.2) is 0 Å². The molecular weight excluding hydrogens is 597 g/mol. The molecule has 0 spiro atoms. The molecule has 284 valence electrons. The second-order valence-electron chi connectivity index (χ2n) is 14.9. The third kappa shape index (κ3) is 35.7. The van der Waals surface area contributed by atoms with Gasteiger partial charge in [-0.25, -0.2) is 9.24 Å². The first-order valence-corrected chi connectivity index (χ1v) is 23.3. The molecule has 5 heteroatoms. The number of rotatable bonds is 41. The van der Waals surface area contributed by atoms with Crippen LogP contribution < -0.4 is 0 Å². The smallest absolute Gasteiger partial charge is 0.312 e. The van der Waals surface area contributed by atoms with Gasteiger partial charge in [0, 0.05) is 13.1 Å². The van der Waals surface area contributed by atoms with E-state index in [0.29, 0.717) is 19.7 Å². The van der Waals surface area contributed by atoms with Gasteiger partial charge in [-0.1, -0.05) is 232 Å². The molecule has 0 aliphatic heterocycles. The minimum Gasteiger partial charge on any atom is -0.312 e. The predicted molar refractivity (Wildman–Crippen MR) is 211 cm³/mol. The van der Waals surface area contributed by atoms with Gasteiger partial charge in [0.1, 0.15) is 0 Å². The molecule has 0 aromatic rings. The highest BCUT2D eigenvalue weighted by atomic mass is 31.2. The summed E-state index contributed by atoms with van der Waals surface area (Å²) in [5.74, 6) is 0. The average molecular weight is 686 g/mol. The zero-order valence-corrected chi connectivity index (χ0v) is 33.6. The van der Waals surface area contributed by atoms with Gasteiger partial charge in [-0.15, -0.1) is 0 Å². The molecule has 0 amide bonds. The van der Waals surface area contributed by atoms with Crippen LogP contribution in [0.15, 0.2) is 0 Å². The van der Waals surface area contributed by atoms with Crippen molar-refractivity contribution in [3.63, 3.8) is 0 Å².